The number of hydrogen-bond acceptors (Lipinski definition) is 1. The average Bonchev–Trinajstić information content (AvgIpc) is 2.71. The highest BCUT2D eigenvalue weighted by atomic mass is 14.7. The smallest absolute Gasteiger partial charge is 0.0556 e. The van der Waals surface area contributed by atoms with Crippen LogP contribution in [-0.2, 0) is 0 Å². The summed E-state index contributed by atoms with van der Waals surface area (Å²) in [5, 5.41) is 0. The van der Waals surface area contributed by atoms with Gasteiger partial charge in [0.2, 0.25) is 0 Å². The molecule has 2 aromatic rings. The minimum absolute atomic E-state index is 0.516. The molecule has 3 rings (SSSR count). The van der Waals surface area contributed by atoms with Crippen molar-refractivity contribution in [1.29, 1.82) is 0 Å². The van der Waals surface area contributed by atoms with Gasteiger partial charge >= 0.3 is 0 Å². The molecule has 0 amide bonds. The SMILES string of the molecule is CCCCC1c2ccccc2-c2cccnc21. The van der Waals surface area contributed by atoms with Crippen LogP contribution in [0.4, 0.5) is 0 Å². The molecule has 1 nitrogen and oxygen atoms in total. The second kappa shape index (κ2) is 4.33. The second-order valence-electron chi connectivity index (χ2n) is 4.72. The van der Waals surface area contributed by atoms with E-state index in [1.807, 2.05) is 12.3 Å². The Morgan fingerprint density at radius 3 is 2.76 bits per heavy atom. The molecule has 0 saturated carbocycles. The Bertz CT molecular complexity index is 485. The molecule has 1 atom stereocenters. The first-order valence-electron chi connectivity index (χ1n) is 6.46. The average molecular weight is 223 g/mol. The van der Waals surface area contributed by atoms with E-state index < -0.39 is 0 Å². The molecule has 1 aromatic heterocycles. The summed E-state index contributed by atoms with van der Waals surface area (Å²) in [6.07, 6.45) is 5.66. The molecule has 1 aliphatic carbocycles. The summed E-state index contributed by atoms with van der Waals surface area (Å²) < 4.78 is 0. The molecular weight excluding hydrogens is 206 g/mol. The van der Waals surface area contributed by atoms with Crippen molar-refractivity contribution in [3.63, 3.8) is 0 Å². The second-order valence-corrected chi connectivity index (χ2v) is 4.72. The van der Waals surface area contributed by atoms with Crippen molar-refractivity contribution in [2.24, 2.45) is 0 Å². The molecule has 0 bridgehead atoms. The summed E-state index contributed by atoms with van der Waals surface area (Å²) in [5.41, 5.74) is 5.47. The van der Waals surface area contributed by atoms with Gasteiger partial charge in [-0.1, -0.05) is 50.1 Å². The van der Waals surface area contributed by atoms with E-state index in [1.54, 1.807) is 0 Å². The molecule has 1 unspecified atom stereocenters. The first-order chi connectivity index (χ1) is 8.42. The molecule has 1 heterocycles. The van der Waals surface area contributed by atoms with Gasteiger partial charge < -0.3 is 0 Å². The monoisotopic (exact) mass is 223 g/mol. The molecule has 86 valence electrons. The fraction of sp³-hybridized carbons (Fsp3) is 0.312. The van der Waals surface area contributed by atoms with E-state index in [1.165, 1.54) is 41.6 Å². The van der Waals surface area contributed by atoms with Crippen LogP contribution in [0.3, 0.4) is 0 Å². The number of aromatic nitrogens is 1. The van der Waals surface area contributed by atoms with Crippen molar-refractivity contribution in [3.8, 4) is 11.1 Å². The van der Waals surface area contributed by atoms with Crippen LogP contribution < -0.4 is 0 Å². The predicted molar refractivity (Wildman–Crippen MR) is 71.0 cm³/mol. The van der Waals surface area contributed by atoms with Crippen LogP contribution in [0.15, 0.2) is 42.6 Å². The van der Waals surface area contributed by atoms with Gasteiger partial charge in [-0.15, -0.1) is 0 Å². The third kappa shape index (κ3) is 1.66. The van der Waals surface area contributed by atoms with Gasteiger partial charge in [0.1, 0.15) is 0 Å². The molecule has 0 spiro atoms. The first-order valence-corrected chi connectivity index (χ1v) is 6.46. The summed E-state index contributed by atoms with van der Waals surface area (Å²) in [6.45, 7) is 2.25. The van der Waals surface area contributed by atoms with Crippen LogP contribution in [0.1, 0.15) is 43.4 Å². The highest BCUT2D eigenvalue weighted by Gasteiger charge is 2.28. The van der Waals surface area contributed by atoms with Crippen molar-refractivity contribution in [2.75, 3.05) is 0 Å². The van der Waals surface area contributed by atoms with E-state index >= 15 is 0 Å². The Kier molecular flexibility index (Phi) is 2.68. The summed E-state index contributed by atoms with van der Waals surface area (Å²) in [6, 6.07) is 13.0. The van der Waals surface area contributed by atoms with Crippen LogP contribution in [0.25, 0.3) is 11.1 Å². The van der Waals surface area contributed by atoms with E-state index in [4.69, 9.17) is 0 Å². The number of rotatable bonds is 3. The highest BCUT2D eigenvalue weighted by molar-refractivity contribution is 5.77. The minimum atomic E-state index is 0.516. The summed E-state index contributed by atoms with van der Waals surface area (Å²) in [5.74, 6) is 0.516. The van der Waals surface area contributed by atoms with Gasteiger partial charge in [-0.2, -0.15) is 0 Å². The Morgan fingerprint density at radius 1 is 1.06 bits per heavy atom. The molecule has 1 aliphatic rings. The van der Waals surface area contributed by atoms with E-state index in [2.05, 4.69) is 42.2 Å². The zero-order chi connectivity index (χ0) is 11.7. The Balaban J connectivity index is 2.10. The van der Waals surface area contributed by atoms with E-state index in [9.17, 15) is 0 Å². The lowest BCUT2D eigenvalue weighted by atomic mass is 9.94. The fourth-order valence-corrected chi connectivity index (χ4v) is 2.82. The lowest BCUT2D eigenvalue weighted by Gasteiger charge is -2.11. The van der Waals surface area contributed by atoms with Crippen molar-refractivity contribution < 1.29 is 0 Å². The van der Waals surface area contributed by atoms with E-state index in [0.717, 1.165) is 0 Å². The molecule has 0 aliphatic heterocycles. The zero-order valence-corrected chi connectivity index (χ0v) is 10.2. The van der Waals surface area contributed by atoms with Crippen LogP contribution >= 0.6 is 0 Å². The number of unbranched alkanes of at least 4 members (excludes halogenated alkanes) is 1. The Morgan fingerprint density at radius 2 is 1.88 bits per heavy atom. The summed E-state index contributed by atoms with van der Waals surface area (Å²) in [4.78, 5) is 4.61. The number of fused-ring (bicyclic) bond motifs is 3. The van der Waals surface area contributed by atoms with Gasteiger partial charge in [-0.05, 0) is 23.6 Å². The van der Waals surface area contributed by atoms with Crippen molar-refractivity contribution in [1.82, 2.24) is 4.98 Å². The number of hydrogen-bond donors (Lipinski definition) is 0. The molecule has 0 N–H and O–H groups in total. The number of benzene rings is 1. The van der Waals surface area contributed by atoms with Crippen LogP contribution in [-0.4, -0.2) is 4.98 Å². The Labute approximate surface area is 103 Å². The number of nitrogens with zero attached hydrogens (tertiary/aromatic N) is 1. The lowest BCUT2D eigenvalue weighted by Crippen LogP contribution is -1.98. The molecule has 1 heteroatoms. The highest BCUT2D eigenvalue weighted by Crippen LogP contribution is 2.45. The van der Waals surface area contributed by atoms with Crippen LogP contribution in [0, 0.1) is 0 Å². The molecule has 0 saturated heterocycles. The molecule has 0 fully saturated rings. The van der Waals surface area contributed by atoms with Gasteiger partial charge in [0, 0.05) is 17.7 Å². The van der Waals surface area contributed by atoms with Gasteiger partial charge in [-0.25, -0.2) is 0 Å². The maximum absolute atomic E-state index is 4.61. The van der Waals surface area contributed by atoms with Gasteiger partial charge in [0.15, 0.2) is 0 Å². The fourth-order valence-electron chi connectivity index (χ4n) is 2.82. The Hall–Kier alpha value is -1.63. The third-order valence-corrected chi connectivity index (χ3v) is 3.64. The maximum Gasteiger partial charge on any atom is 0.0556 e. The normalized spacial score (nSPS) is 16.6. The van der Waals surface area contributed by atoms with E-state index in [0.29, 0.717) is 5.92 Å². The van der Waals surface area contributed by atoms with Gasteiger partial charge in [-0.3, -0.25) is 4.98 Å². The largest absolute Gasteiger partial charge is 0.260 e. The predicted octanol–water partition coefficient (Wildman–Crippen LogP) is 4.38. The molecular formula is C16H17N. The molecule has 17 heavy (non-hydrogen) atoms. The van der Waals surface area contributed by atoms with Crippen molar-refractivity contribution in [3.05, 3.63) is 53.9 Å². The topological polar surface area (TPSA) is 12.9 Å². The van der Waals surface area contributed by atoms with E-state index in [-0.39, 0.29) is 0 Å². The van der Waals surface area contributed by atoms with Crippen LogP contribution in [0.5, 0.6) is 0 Å². The van der Waals surface area contributed by atoms with Crippen molar-refractivity contribution in [2.45, 2.75) is 32.1 Å². The number of pyridine rings is 1. The first kappa shape index (κ1) is 10.5. The lowest BCUT2D eigenvalue weighted by molar-refractivity contribution is 0.648. The third-order valence-electron chi connectivity index (χ3n) is 3.64. The minimum Gasteiger partial charge on any atom is -0.260 e. The van der Waals surface area contributed by atoms with Gasteiger partial charge in [0.25, 0.3) is 0 Å². The summed E-state index contributed by atoms with van der Waals surface area (Å²) in [7, 11) is 0. The molecule has 1 aromatic carbocycles. The zero-order valence-electron chi connectivity index (χ0n) is 10.2. The molecule has 0 radical (unpaired) electrons. The van der Waals surface area contributed by atoms with Gasteiger partial charge in [0.05, 0.1) is 5.69 Å². The maximum atomic E-state index is 4.61. The quantitative estimate of drug-likeness (QED) is 0.752. The van der Waals surface area contributed by atoms with Crippen molar-refractivity contribution >= 4 is 0 Å². The van der Waals surface area contributed by atoms with Crippen LogP contribution in [0.2, 0.25) is 0 Å². The standard InChI is InChI=1S/C16H17N/c1-2-3-7-14-12-8-4-5-9-13(12)15-10-6-11-17-16(14)15/h4-6,8-11,14H,2-3,7H2,1H3. The summed E-state index contributed by atoms with van der Waals surface area (Å²) >= 11 is 0.